The minimum Gasteiger partial charge on any atom is -0.361 e. The first kappa shape index (κ1) is 13.2. The number of benzene rings is 1. The van der Waals surface area contributed by atoms with E-state index in [1.807, 2.05) is 35.4 Å². The molecule has 2 aromatic rings. The number of hydrogen-bond donors (Lipinski definition) is 1. The van der Waals surface area contributed by atoms with E-state index in [0.717, 1.165) is 42.4 Å². The van der Waals surface area contributed by atoms with E-state index in [1.165, 1.54) is 0 Å². The SMILES string of the molecule is CN(C)C1CCN(C(=O)c2cccc3cc[nH]c23)CC1. The Morgan fingerprint density at radius 1 is 1.25 bits per heavy atom. The second kappa shape index (κ2) is 5.29. The Bertz CT molecular complexity index is 609. The van der Waals surface area contributed by atoms with Crippen LogP contribution in [0.2, 0.25) is 0 Å². The van der Waals surface area contributed by atoms with Crippen LogP contribution < -0.4 is 0 Å². The van der Waals surface area contributed by atoms with Gasteiger partial charge >= 0.3 is 0 Å². The number of rotatable bonds is 2. The van der Waals surface area contributed by atoms with Gasteiger partial charge in [-0.3, -0.25) is 4.79 Å². The molecule has 1 N–H and O–H groups in total. The molecule has 0 unspecified atom stereocenters. The minimum absolute atomic E-state index is 0.148. The molecule has 1 fully saturated rings. The number of aromatic nitrogens is 1. The van der Waals surface area contributed by atoms with Gasteiger partial charge < -0.3 is 14.8 Å². The van der Waals surface area contributed by atoms with Gasteiger partial charge in [-0.15, -0.1) is 0 Å². The number of amides is 1. The van der Waals surface area contributed by atoms with Crippen molar-refractivity contribution in [2.75, 3.05) is 27.2 Å². The van der Waals surface area contributed by atoms with Gasteiger partial charge in [-0.05, 0) is 39.1 Å². The molecule has 1 aliphatic heterocycles. The summed E-state index contributed by atoms with van der Waals surface area (Å²) in [4.78, 5) is 20.1. The van der Waals surface area contributed by atoms with Crippen molar-refractivity contribution in [3.8, 4) is 0 Å². The lowest BCUT2D eigenvalue weighted by Crippen LogP contribution is -2.44. The van der Waals surface area contributed by atoms with Crippen molar-refractivity contribution in [2.45, 2.75) is 18.9 Å². The summed E-state index contributed by atoms with van der Waals surface area (Å²) >= 11 is 0. The fraction of sp³-hybridized carbons (Fsp3) is 0.438. The highest BCUT2D eigenvalue weighted by Crippen LogP contribution is 2.21. The molecule has 0 saturated carbocycles. The fourth-order valence-electron chi connectivity index (χ4n) is 3.02. The highest BCUT2D eigenvalue weighted by atomic mass is 16.2. The molecule has 4 heteroatoms. The van der Waals surface area contributed by atoms with Gasteiger partial charge in [-0.1, -0.05) is 12.1 Å². The molecular weight excluding hydrogens is 250 g/mol. The Morgan fingerprint density at radius 2 is 2.00 bits per heavy atom. The Balaban J connectivity index is 1.78. The van der Waals surface area contributed by atoms with E-state index in [-0.39, 0.29) is 5.91 Å². The smallest absolute Gasteiger partial charge is 0.255 e. The summed E-state index contributed by atoms with van der Waals surface area (Å²) in [5.41, 5.74) is 1.74. The standard InChI is InChI=1S/C16H21N3O/c1-18(2)13-7-10-19(11-8-13)16(20)14-5-3-4-12-6-9-17-15(12)14/h3-6,9,13,17H,7-8,10-11H2,1-2H3. The third-order valence-corrected chi connectivity index (χ3v) is 4.30. The topological polar surface area (TPSA) is 39.3 Å². The van der Waals surface area contributed by atoms with E-state index >= 15 is 0 Å². The van der Waals surface area contributed by atoms with Gasteiger partial charge in [-0.2, -0.15) is 0 Å². The summed E-state index contributed by atoms with van der Waals surface area (Å²) in [7, 11) is 4.23. The number of nitrogens with one attached hydrogen (secondary N) is 1. The van der Waals surface area contributed by atoms with Crippen molar-refractivity contribution < 1.29 is 4.79 Å². The van der Waals surface area contributed by atoms with Crippen molar-refractivity contribution in [1.82, 2.24) is 14.8 Å². The average molecular weight is 271 g/mol. The van der Waals surface area contributed by atoms with Gasteiger partial charge in [0.05, 0.1) is 11.1 Å². The van der Waals surface area contributed by atoms with Crippen LogP contribution in [0.3, 0.4) is 0 Å². The van der Waals surface area contributed by atoms with E-state index in [0.29, 0.717) is 6.04 Å². The summed E-state index contributed by atoms with van der Waals surface area (Å²) in [6, 6.07) is 8.50. The zero-order valence-corrected chi connectivity index (χ0v) is 12.1. The zero-order chi connectivity index (χ0) is 14.1. The van der Waals surface area contributed by atoms with Gasteiger partial charge in [-0.25, -0.2) is 0 Å². The number of fused-ring (bicyclic) bond motifs is 1. The number of aromatic amines is 1. The number of hydrogen-bond acceptors (Lipinski definition) is 2. The minimum atomic E-state index is 0.148. The Morgan fingerprint density at radius 3 is 2.70 bits per heavy atom. The number of H-pyrrole nitrogens is 1. The van der Waals surface area contributed by atoms with E-state index < -0.39 is 0 Å². The molecular formula is C16H21N3O. The van der Waals surface area contributed by atoms with Gasteiger partial charge in [0.25, 0.3) is 5.91 Å². The highest BCUT2D eigenvalue weighted by molar-refractivity contribution is 6.05. The Kier molecular flexibility index (Phi) is 3.49. The number of piperidine rings is 1. The van der Waals surface area contributed by atoms with Crippen molar-refractivity contribution in [1.29, 1.82) is 0 Å². The highest BCUT2D eigenvalue weighted by Gasteiger charge is 2.25. The zero-order valence-electron chi connectivity index (χ0n) is 12.1. The predicted molar refractivity (Wildman–Crippen MR) is 80.9 cm³/mol. The van der Waals surface area contributed by atoms with Crippen molar-refractivity contribution in [3.05, 3.63) is 36.0 Å². The molecule has 20 heavy (non-hydrogen) atoms. The number of carbonyl (C=O) groups is 1. The number of nitrogens with zero attached hydrogens (tertiary/aromatic N) is 2. The summed E-state index contributed by atoms with van der Waals surface area (Å²) in [6.45, 7) is 1.69. The first-order chi connectivity index (χ1) is 9.66. The number of para-hydroxylation sites is 1. The summed E-state index contributed by atoms with van der Waals surface area (Å²) in [5, 5.41) is 1.10. The molecule has 2 heterocycles. The van der Waals surface area contributed by atoms with Gasteiger partial charge in [0, 0.05) is 30.7 Å². The maximum absolute atomic E-state index is 12.7. The maximum Gasteiger partial charge on any atom is 0.255 e. The number of carbonyl (C=O) groups excluding carboxylic acids is 1. The van der Waals surface area contributed by atoms with E-state index in [1.54, 1.807) is 0 Å². The van der Waals surface area contributed by atoms with Gasteiger partial charge in [0.1, 0.15) is 0 Å². The fourth-order valence-corrected chi connectivity index (χ4v) is 3.02. The van der Waals surface area contributed by atoms with Crippen molar-refractivity contribution in [3.63, 3.8) is 0 Å². The quantitative estimate of drug-likeness (QED) is 0.910. The molecule has 0 spiro atoms. The monoisotopic (exact) mass is 271 g/mol. The molecule has 106 valence electrons. The van der Waals surface area contributed by atoms with Gasteiger partial charge in [0.15, 0.2) is 0 Å². The normalized spacial score (nSPS) is 17.1. The molecule has 1 aromatic heterocycles. The molecule has 1 amide bonds. The second-order valence-corrected chi connectivity index (χ2v) is 5.73. The summed E-state index contributed by atoms with van der Waals surface area (Å²) in [6.07, 6.45) is 4.00. The molecule has 1 aromatic carbocycles. The molecule has 1 saturated heterocycles. The van der Waals surface area contributed by atoms with E-state index in [4.69, 9.17) is 0 Å². The largest absolute Gasteiger partial charge is 0.361 e. The van der Waals surface area contributed by atoms with Crippen LogP contribution >= 0.6 is 0 Å². The maximum atomic E-state index is 12.7. The molecule has 0 radical (unpaired) electrons. The molecule has 0 aliphatic carbocycles. The van der Waals surface area contributed by atoms with Crippen molar-refractivity contribution in [2.24, 2.45) is 0 Å². The van der Waals surface area contributed by atoms with Crippen LogP contribution in [-0.4, -0.2) is 53.9 Å². The molecule has 4 nitrogen and oxygen atoms in total. The van der Waals surface area contributed by atoms with Crippen LogP contribution in [0, 0.1) is 0 Å². The van der Waals surface area contributed by atoms with Crippen molar-refractivity contribution >= 4 is 16.8 Å². The molecule has 1 aliphatic rings. The molecule has 0 atom stereocenters. The third-order valence-electron chi connectivity index (χ3n) is 4.30. The van der Waals surface area contributed by atoms with Crippen LogP contribution in [0.15, 0.2) is 30.5 Å². The molecule has 3 rings (SSSR count). The van der Waals surface area contributed by atoms with Crippen LogP contribution in [0.4, 0.5) is 0 Å². The predicted octanol–water partition coefficient (Wildman–Crippen LogP) is 2.33. The summed E-state index contributed by atoms with van der Waals surface area (Å²) in [5.74, 6) is 0.148. The van der Waals surface area contributed by atoms with Crippen LogP contribution in [0.1, 0.15) is 23.2 Å². The lowest BCUT2D eigenvalue weighted by molar-refractivity contribution is 0.0665. The average Bonchev–Trinajstić information content (AvgIpc) is 2.95. The first-order valence-corrected chi connectivity index (χ1v) is 7.18. The Labute approximate surface area is 119 Å². The lowest BCUT2D eigenvalue weighted by atomic mass is 10.0. The third kappa shape index (κ3) is 2.31. The van der Waals surface area contributed by atoms with Crippen LogP contribution in [0.25, 0.3) is 10.9 Å². The van der Waals surface area contributed by atoms with Crippen LogP contribution in [0.5, 0.6) is 0 Å². The van der Waals surface area contributed by atoms with E-state index in [2.05, 4.69) is 24.0 Å². The van der Waals surface area contributed by atoms with E-state index in [9.17, 15) is 4.79 Å². The first-order valence-electron chi connectivity index (χ1n) is 7.18. The lowest BCUT2D eigenvalue weighted by Gasteiger charge is -2.35. The molecule has 0 bridgehead atoms. The Hall–Kier alpha value is -1.81. The van der Waals surface area contributed by atoms with Gasteiger partial charge in [0.2, 0.25) is 0 Å². The summed E-state index contributed by atoms with van der Waals surface area (Å²) < 4.78 is 0. The van der Waals surface area contributed by atoms with Crippen LogP contribution in [-0.2, 0) is 0 Å². The second-order valence-electron chi connectivity index (χ2n) is 5.73. The number of likely N-dealkylation sites (tertiary alicyclic amines) is 1.